The molecule has 5 heteroatoms. The molecule has 1 N–H and O–H groups in total. The quantitative estimate of drug-likeness (QED) is 0.870. The molecule has 0 spiro atoms. The molecule has 0 bridgehead atoms. The zero-order valence-corrected chi connectivity index (χ0v) is 11.2. The Morgan fingerprint density at radius 1 is 1.16 bits per heavy atom. The van der Waals surface area contributed by atoms with Crippen molar-refractivity contribution in [1.82, 2.24) is 9.80 Å². The summed E-state index contributed by atoms with van der Waals surface area (Å²) in [6.07, 6.45) is -0.474. The van der Waals surface area contributed by atoms with Gasteiger partial charge in [0, 0.05) is 32.7 Å². The predicted molar refractivity (Wildman–Crippen MR) is 71.5 cm³/mol. The Hall–Kier alpha value is -1.30. The SMILES string of the molecule is CN1CCN(CC(O)c2ccc3c(c2)OCO3)CC1. The summed E-state index contributed by atoms with van der Waals surface area (Å²) in [5.41, 5.74) is 0.892. The third-order valence-electron chi connectivity index (χ3n) is 3.81. The van der Waals surface area contributed by atoms with Crippen molar-refractivity contribution in [3.63, 3.8) is 0 Å². The lowest BCUT2D eigenvalue weighted by Gasteiger charge is -2.33. The Balaban J connectivity index is 1.62. The van der Waals surface area contributed by atoms with Gasteiger partial charge in [0.15, 0.2) is 11.5 Å². The third kappa shape index (κ3) is 2.83. The fraction of sp³-hybridized carbons (Fsp3) is 0.571. The second kappa shape index (κ2) is 5.36. The summed E-state index contributed by atoms with van der Waals surface area (Å²) in [6, 6.07) is 5.65. The zero-order valence-electron chi connectivity index (χ0n) is 11.2. The molecule has 1 aromatic carbocycles. The van der Waals surface area contributed by atoms with E-state index in [0.717, 1.165) is 43.2 Å². The second-order valence-corrected chi connectivity index (χ2v) is 5.23. The molecule has 104 valence electrons. The van der Waals surface area contributed by atoms with Crippen LogP contribution in [-0.4, -0.2) is 61.5 Å². The molecule has 19 heavy (non-hydrogen) atoms. The van der Waals surface area contributed by atoms with Crippen molar-refractivity contribution >= 4 is 0 Å². The van der Waals surface area contributed by atoms with Gasteiger partial charge in [0.1, 0.15) is 0 Å². The van der Waals surface area contributed by atoms with Gasteiger partial charge in [-0.15, -0.1) is 0 Å². The molecule has 0 radical (unpaired) electrons. The van der Waals surface area contributed by atoms with Crippen LogP contribution in [0.25, 0.3) is 0 Å². The van der Waals surface area contributed by atoms with E-state index in [1.807, 2.05) is 18.2 Å². The Labute approximate surface area is 113 Å². The number of nitrogens with zero attached hydrogens (tertiary/aromatic N) is 2. The van der Waals surface area contributed by atoms with Crippen LogP contribution in [0.2, 0.25) is 0 Å². The van der Waals surface area contributed by atoms with Crippen LogP contribution in [0.15, 0.2) is 18.2 Å². The summed E-state index contributed by atoms with van der Waals surface area (Å²) in [4.78, 5) is 4.61. The van der Waals surface area contributed by atoms with Crippen LogP contribution in [0.5, 0.6) is 11.5 Å². The minimum absolute atomic E-state index is 0.271. The van der Waals surface area contributed by atoms with Crippen LogP contribution in [-0.2, 0) is 0 Å². The summed E-state index contributed by atoms with van der Waals surface area (Å²) in [7, 11) is 2.13. The van der Waals surface area contributed by atoms with E-state index in [1.54, 1.807) is 0 Å². The first-order valence-corrected chi connectivity index (χ1v) is 6.71. The van der Waals surface area contributed by atoms with Gasteiger partial charge in [0.05, 0.1) is 6.10 Å². The standard InChI is InChI=1S/C14H20N2O3/c1-15-4-6-16(7-5-15)9-12(17)11-2-3-13-14(8-11)19-10-18-13/h2-3,8,12,17H,4-7,9-10H2,1H3. The summed E-state index contributed by atoms with van der Waals surface area (Å²) in [5, 5.41) is 10.3. The van der Waals surface area contributed by atoms with Crippen molar-refractivity contribution in [3.05, 3.63) is 23.8 Å². The summed E-state index contributed by atoms with van der Waals surface area (Å²) in [6.45, 7) is 5.10. The van der Waals surface area contributed by atoms with Crippen molar-refractivity contribution in [2.24, 2.45) is 0 Å². The molecule has 1 saturated heterocycles. The lowest BCUT2D eigenvalue weighted by Crippen LogP contribution is -2.45. The molecule has 3 rings (SSSR count). The van der Waals surface area contributed by atoms with Gasteiger partial charge >= 0.3 is 0 Å². The van der Waals surface area contributed by atoms with Crippen molar-refractivity contribution in [2.45, 2.75) is 6.10 Å². The number of piperazine rings is 1. The van der Waals surface area contributed by atoms with Gasteiger partial charge in [-0.2, -0.15) is 0 Å². The van der Waals surface area contributed by atoms with Gasteiger partial charge in [-0.1, -0.05) is 6.07 Å². The highest BCUT2D eigenvalue weighted by Crippen LogP contribution is 2.34. The van der Waals surface area contributed by atoms with Crippen LogP contribution in [0.4, 0.5) is 0 Å². The van der Waals surface area contributed by atoms with Gasteiger partial charge in [-0.05, 0) is 24.7 Å². The molecule has 0 amide bonds. The average molecular weight is 264 g/mol. The number of benzene rings is 1. The van der Waals surface area contributed by atoms with E-state index in [0.29, 0.717) is 6.54 Å². The molecule has 0 saturated carbocycles. The number of aliphatic hydroxyl groups excluding tert-OH is 1. The maximum atomic E-state index is 10.3. The second-order valence-electron chi connectivity index (χ2n) is 5.23. The van der Waals surface area contributed by atoms with Crippen molar-refractivity contribution in [3.8, 4) is 11.5 Å². The van der Waals surface area contributed by atoms with Crippen LogP contribution in [0.1, 0.15) is 11.7 Å². The van der Waals surface area contributed by atoms with Crippen LogP contribution in [0.3, 0.4) is 0 Å². The molecule has 1 fully saturated rings. The summed E-state index contributed by atoms with van der Waals surface area (Å²) >= 11 is 0. The zero-order chi connectivity index (χ0) is 13.2. The molecular formula is C14H20N2O3. The molecular weight excluding hydrogens is 244 g/mol. The van der Waals surface area contributed by atoms with Crippen molar-refractivity contribution < 1.29 is 14.6 Å². The molecule has 0 aromatic heterocycles. The molecule has 1 aromatic rings. The summed E-state index contributed by atoms with van der Waals surface area (Å²) in [5.74, 6) is 1.49. The van der Waals surface area contributed by atoms with Gasteiger partial charge in [-0.25, -0.2) is 0 Å². The Kier molecular flexibility index (Phi) is 3.59. The molecule has 1 unspecified atom stereocenters. The van der Waals surface area contributed by atoms with Gasteiger partial charge in [0.25, 0.3) is 0 Å². The largest absolute Gasteiger partial charge is 0.454 e. The predicted octanol–water partition coefficient (Wildman–Crippen LogP) is 0.696. The molecule has 1 atom stereocenters. The minimum atomic E-state index is -0.474. The van der Waals surface area contributed by atoms with E-state index in [2.05, 4.69) is 16.8 Å². The Bertz CT molecular complexity index is 444. The average Bonchev–Trinajstić information content (AvgIpc) is 2.88. The first kappa shape index (κ1) is 12.7. The normalized spacial score (nSPS) is 21.6. The monoisotopic (exact) mass is 264 g/mol. The molecule has 5 nitrogen and oxygen atoms in total. The smallest absolute Gasteiger partial charge is 0.231 e. The maximum Gasteiger partial charge on any atom is 0.231 e. The molecule has 2 aliphatic rings. The molecule has 2 heterocycles. The highest BCUT2D eigenvalue weighted by molar-refractivity contribution is 5.45. The number of likely N-dealkylation sites (N-methyl/N-ethyl adjacent to an activating group) is 1. The topological polar surface area (TPSA) is 45.2 Å². The van der Waals surface area contributed by atoms with E-state index in [4.69, 9.17) is 9.47 Å². The minimum Gasteiger partial charge on any atom is -0.454 e. The summed E-state index contributed by atoms with van der Waals surface area (Å²) < 4.78 is 10.6. The van der Waals surface area contributed by atoms with Gasteiger partial charge < -0.3 is 19.5 Å². The van der Waals surface area contributed by atoms with E-state index >= 15 is 0 Å². The Morgan fingerprint density at radius 3 is 2.68 bits per heavy atom. The van der Waals surface area contributed by atoms with E-state index in [-0.39, 0.29) is 6.79 Å². The number of β-amino-alcohol motifs (C(OH)–C–C–N with tert-alkyl or cyclic N) is 1. The molecule has 2 aliphatic heterocycles. The highest BCUT2D eigenvalue weighted by Gasteiger charge is 2.20. The molecule has 0 aliphatic carbocycles. The van der Waals surface area contributed by atoms with Gasteiger partial charge in [-0.3, -0.25) is 4.90 Å². The van der Waals surface area contributed by atoms with Crippen molar-refractivity contribution in [1.29, 1.82) is 0 Å². The van der Waals surface area contributed by atoms with Crippen LogP contribution < -0.4 is 9.47 Å². The highest BCUT2D eigenvalue weighted by atomic mass is 16.7. The van der Waals surface area contributed by atoms with E-state index < -0.39 is 6.10 Å². The lowest BCUT2D eigenvalue weighted by atomic mass is 10.1. The van der Waals surface area contributed by atoms with E-state index in [9.17, 15) is 5.11 Å². The number of aliphatic hydroxyl groups is 1. The number of ether oxygens (including phenoxy) is 2. The lowest BCUT2D eigenvalue weighted by molar-refractivity contribution is 0.0804. The van der Waals surface area contributed by atoms with E-state index in [1.165, 1.54) is 0 Å². The number of fused-ring (bicyclic) bond motifs is 1. The van der Waals surface area contributed by atoms with Crippen molar-refractivity contribution in [2.75, 3.05) is 46.6 Å². The number of hydrogen-bond acceptors (Lipinski definition) is 5. The number of rotatable bonds is 3. The Morgan fingerprint density at radius 2 is 1.89 bits per heavy atom. The fourth-order valence-corrected chi connectivity index (χ4v) is 2.50. The maximum absolute atomic E-state index is 10.3. The third-order valence-corrected chi connectivity index (χ3v) is 3.81. The van der Waals surface area contributed by atoms with Crippen LogP contribution in [0, 0.1) is 0 Å². The fourth-order valence-electron chi connectivity index (χ4n) is 2.50. The van der Waals surface area contributed by atoms with Gasteiger partial charge in [0.2, 0.25) is 6.79 Å². The van der Waals surface area contributed by atoms with Crippen LogP contribution >= 0.6 is 0 Å². The first-order chi connectivity index (χ1) is 9.22. The first-order valence-electron chi connectivity index (χ1n) is 6.71. The number of hydrogen-bond donors (Lipinski definition) is 1.